The van der Waals surface area contributed by atoms with Gasteiger partial charge in [0.1, 0.15) is 0 Å². The fourth-order valence-electron chi connectivity index (χ4n) is 3.01. The highest BCUT2D eigenvalue weighted by molar-refractivity contribution is 4.96. The second-order valence-electron chi connectivity index (χ2n) is 5.90. The van der Waals surface area contributed by atoms with Crippen molar-refractivity contribution in [3.63, 3.8) is 0 Å². The van der Waals surface area contributed by atoms with Crippen LogP contribution in [0, 0.1) is 0 Å². The van der Waals surface area contributed by atoms with E-state index in [1.807, 2.05) is 23.1 Å². The number of aromatic nitrogens is 2. The van der Waals surface area contributed by atoms with Crippen molar-refractivity contribution < 1.29 is 5.11 Å². The van der Waals surface area contributed by atoms with Crippen molar-refractivity contribution in [1.82, 2.24) is 20.0 Å². The van der Waals surface area contributed by atoms with Crippen LogP contribution < -0.4 is 5.32 Å². The molecule has 1 aromatic rings. The van der Waals surface area contributed by atoms with Crippen LogP contribution in [0.1, 0.15) is 25.3 Å². The monoisotopic (exact) mass is 250 g/mol. The van der Waals surface area contributed by atoms with E-state index in [0.29, 0.717) is 18.6 Å². The zero-order chi connectivity index (χ0) is 12.6. The van der Waals surface area contributed by atoms with Crippen LogP contribution in [0.15, 0.2) is 18.5 Å². The van der Waals surface area contributed by atoms with Gasteiger partial charge in [0.15, 0.2) is 0 Å². The van der Waals surface area contributed by atoms with E-state index in [4.69, 9.17) is 0 Å². The Bertz CT molecular complexity index is 388. The molecule has 2 N–H and O–H groups in total. The quantitative estimate of drug-likeness (QED) is 0.804. The van der Waals surface area contributed by atoms with Crippen LogP contribution in [0.4, 0.5) is 0 Å². The summed E-state index contributed by atoms with van der Waals surface area (Å²) in [5.41, 5.74) is -0.522. The molecule has 1 aliphatic carbocycles. The Morgan fingerprint density at radius 3 is 2.94 bits per heavy atom. The van der Waals surface area contributed by atoms with E-state index in [2.05, 4.69) is 22.4 Å². The van der Waals surface area contributed by atoms with Crippen molar-refractivity contribution in [3.8, 4) is 0 Å². The van der Waals surface area contributed by atoms with Gasteiger partial charge in [0.2, 0.25) is 0 Å². The highest BCUT2D eigenvalue weighted by Crippen LogP contribution is 2.32. The predicted molar refractivity (Wildman–Crippen MR) is 69.4 cm³/mol. The summed E-state index contributed by atoms with van der Waals surface area (Å²) >= 11 is 0. The van der Waals surface area contributed by atoms with Gasteiger partial charge < -0.3 is 15.3 Å². The molecule has 1 saturated heterocycles. The Labute approximate surface area is 108 Å². The molecular formula is C13H22N4O. The summed E-state index contributed by atoms with van der Waals surface area (Å²) in [6, 6.07) is 3.05. The van der Waals surface area contributed by atoms with Gasteiger partial charge in [0.05, 0.1) is 11.6 Å². The molecule has 1 unspecified atom stereocenters. The summed E-state index contributed by atoms with van der Waals surface area (Å²) < 4.78 is 2.04. The second kappa shape index (κ2) is 4.64. The molecule has 5 heteroatoms. The summed E-state index contributed by atoms with van der Waals surface area (Å²) in [5, 5.41) is 18.1. The Kier molecular flexibility index (Phi) is 3.13. The Hall–Kier alpha value is -0.910. The van der Waals surface area contributed by atoms with E-state index < -0.39 is 5.60 Å². The number of hydrogen-bond donors (Lipinski definition) is 2. The lowest BCUT2D eigenvalue weighted by atomic mass is 9.86. The number of likely N-dealkylation sites (tertiary alicyclic amines) is 1. The van der Waals surface area contributed by atoms with Gasteiger partial charge >= 0.3 is 0 Å². The molecule has 3 rings (SSSR count). The molecule has 2 fully saturated rings. The second-order valence-corrected chi connectivity index (χ2v) is 5.90. The maximum atomic E-state index is 10.4. The fraction of sp³-hybridized carbons (Fsp3) is 0.769. The Morgan fingerprint density at radius 1 is 1.50 bits per heavy atom. The van der Waals surface area contributed by atoms with Gasteiger partial charge in [-0.2, -0.15) is 5.10 Å². The molecule has 100 valence electrons. The van der Waals surface area contributed by atoms with Gasteiger partial charge in [-0.3, -0.25) is 4.68 Å². The van der Waals surface area contributed by atoms with Crippen molar-refractivity contribution in [2.75, 3.05) is 26.7 Å². The van der Waals surface area contributed by atoms with Crippen LogP contribution >= 0.6 is 0 Å². The van der Waals surface area contributed by atoms with Crippen molar-refractivity contribution in [1.29, 1.82) is 0 Å². The molecule has 0 spiro atoms. The minimum absolute atomic E-state index is 0.522. The molecule has 18 heavy (non-hydrogen) atoms. The number of nitrogens with zero attached hydrogens (tertiary/aromatic N) is 3. The highest BCUT2D eigenvalue weighted by atomic mass is 16.3. The third kappa shape index (κ3) is 2.43. The van der Waals surface area contributed by atoms with Crippen molar-refractivity contribution >= 4 is 0 Å². The van der Waals surface area contributed by atoms with Gasteiger partial charge in [0.25, 0.3) is 0 Å². The topological polar surface area (TPSA) is 53.3 Å². The Morgan fingerprint density at radius 2 is 2.33 bits per heavy atom. The third-order valence-electron chi connectivity index (χ3n) is 4.26. The normalized spacial score (nSPS) is 36.8. The molecule has 0 bridgehead atoms. The lowest BCUT2D eigenvalue weighted by Crippen LogP contribution is -2.50. The van der Waals surface area contributed by atoms with Crippen molar-refractivity contribution in [3.05, 3.63) is 18.5 Å². The van der Waals surface area contributed by atoms with E-state index in [0.717, 1.165) is 32.4 Å². The minimum atomic E-state index is -0.522. The van der Waals surface area contributed by atoms with Gasteiger partial charge in [0, 0.05) is 38.1 Å². The lowest BCUT2D eigenvalue weighted by Gasteiger charge is -2.37. The number of β-amino-alcohol motifs (C(OH)–C–C–N with tert-alkyl or cyclic N) is 1. The molecule has 2 heterocycles. The van der Waals surface area contributed by atoms with Crippen LogP contribution in [-0.2, 0) is 0 Å². The summed E-state index contributed by atoms with van der Waals surface area (Å²) in [6.07, 6.45) is 6.98. The maximum absolute atomic E-state index is 10.4. The van der Waals surface area contributed by atoms with E-state index >= 15 is 0 Å². The zero-order valence-corrected chi connectivity index (χ0v) is 10.9. The number of rotatable bonds is 4. The number of aliphatic hydroxyl groups is 1. The molecule has 0 amide bonds. The van der Waals surface area contributed by atoms with Crippen LogP contribution in [0.25, 0.3) is 0 Å². The number of nitrogens with one attached hydrogen (secondary N) is 1. The van der Waals surface area contributed by atoms with Gasteiger partial charge in [-0.25, -0.2) is 0 Å². The molecule has 1 aromatic heterocycles. The first-order valence-corrected chi connectivity index (χ1v) is 6.78. The fourth-order valence-corrected chi connectivity index (χ4v) is 3.01. The standard InChI is InChI=1S/C13H22N4O/c1-16-6-3-13(18,10-16)9-14-11-7-12(8-11)17-5-2-4-15-17/h2,4-5,11-12,14,18H,3,6-10H2,1H3. The van der Waals surface area contributed by atoms with Crippen molar-refractivity contribution in [2.45, 2.75) is 36.9 Å². The smallest absolute Gasteiger partial charge is 0.0909 e. The summed E-state index contributed by atoms with van der Waals surface area (Å²) in [6.45, 7) is 2.50. The first-order valence-electron chi connectivity index (χ1n) is 6.78. The first kappa shape index (κ1) is 12.1. The largest absolute Gasteiger partial charge is 0.387 e. The highest BCUT2D eigenvalue weighted by Gasteiger charge is 2.37. The van der Waals surface area contributed by atoms with E-state index in [1.54, 1.807) is 0 Å². The van der Waals surface area contributed by atoms with Crippen LogP contribution in [-0.4, -0.2) is 58.1 Å². The van der Waals surface area contributed by atoms with Gasteiger partial charge in [-0.1, -0.05) is 0 Å². The van der Waals surface area contributed by atoms with Crippen LogP contribution in [0.3, 0.4) is 0 Å². The molecule has 0 aromatic carbocycles. The van der Waals surface area contributed by atoms with Crippen molar-refractivity contribution in [2.24, 2.45) is 0 Å². The Balaban J connectivity index is 1.41. The zero-order valence-electron chi connectivity index (χ0n) is 10.9. The van der Waals surface area contributed by atoms with Gasteiger partial charge in [-0.15, -0.1) is 0 Å². The minimum Gasteiger partial charge on any atom is -0.387 e. The SMILES string of the molecule is CN1CCC(O)(CNC2CC(n3cccn3)C2)C1. The van der Waals surface area contributed by atoms with Gasteiger partial charge in [-0.05, 0) is 32.4 Å². The van der Waals surface area contributed by atoms with E-state index in [1.165, 1.54) is 0 Å². The predicted octanol–water partition coefficient (Wildman–Crippen LogP) is 0.243. The van der Waals surface area contributed by atoms with E-state index in [-0.39, 0.29) is 0 Å². The number of likely N-dealkylation sites (N-methyl/N-ethyl adjacent to an activating group) is 1. The average Bonchev–Trinajstić information content (AvgIpc) is 2.87. The maximum Gasteiger partial charge on any atom is 0.0909 e. The van der Waals surface area contributed by atoms with Crippen LogP contribution in [0.2, 0.25) is 0 Å². The third-order valence-corrected chi connectivity index (χ3v) is 4.26. The molecule has 1 atom stereocenters. The molecular weight excluding hydrogens is 228 g/mol. The van der Waals surface area contributed by atoms with E-state index in [9.17, 15) is 5.11 Å². The molecule has 1 aliphatic heterocycles. The average molecular weight is 250 g/mol. The first-order chi connectivity index (χ1) is 8.65. The number of hydrogen-bond acceptors (Lipinski definition) is 4. The summed E-state index contributed by atoms with van der Waals surface area (Å²) in [5.74, 6) is 0. The summed E-state index contributed by atoms with van der Waals surface area (Å²) in [7, 11) is 2.06. The molecule has 2 aliphatic rings. The summed E-state index contributed by atoms with van der Waals surface area (Å²) in [4.78, 5) is 2.19. The van der Waals surface area contributed by atoms with Crippen LogP contribution in [0.5, 0.6) is 0 Å². The lowest BCUT2D eigenvalue weighted by molar-refractivity contribution is 0.0421. The molecule has 5 nitrogen and oxygen atoms in total. The molecule has 0 radical (unpaired) electrons. The molecule has 1 saturated carbocycles.